The Kier molecular flexibility index (Phi) is 8.49. The molecule has 0 fully saturated rings. The molecule has 0 radical (unpaired) electrons. The molecule has 2 rings (SSSR count). The van der Waals surface area contributed by atoms with Crippen molar-refractivity contribution in [2.45, 2.75) is 78.1 Å². The molecule has 0 aliphatic carbocycles. The lowest BCUT2D eigenvalue weighted by molar-refractivity contribution is 0.448. The number of aryl methyl sites for hydroxylation is 2. The molecule has 0 aromatic heterocycles. The minimum Gasteiger partial charge on any atom is -0.508 e. The van der Waals surface area contributed by atoms with E-state index in [0.29, 0.717) is 35.1 Å². The van der Waals surface area contributed by atoms with Crippen molar-refractivity contribution < 1.29 is 20.4 Å². The summed E-state index contributed by atoms with van der Waals surface area (Å²) in [6.45, 7) is 4.30. The monoisotopic (exact) mass is 386 g/mol. The van der Waals surface area contributed by atoms with Crippen LogP contribution in [0.15, 0.2) is 24.3 Å². The lowest BCUT2D eigenvalue weighted by Gasteiger charge is -2.14. The van der Waals surface area contributed by atoms with Crippen LogP contribution >= 0.6 is 0 Å². The number of aromatic hydroxyl groups is 4. The molecule has 0 aliphatic heterocycles. The Labute approximate surface area is 168 Å². The summed E-state index contributed by atoms with van der Waals surface area (Å²) in [6.07, 6.45) is 10.1. The molecule has 0 bridgehead atoms. The molecular weight excluding hydrogens is 352 g/mol. The van der Waals surface area contributed by atoms with Crippen LogP contribution in [-0.4, -0.2) is 20.4 Å². The maximum atomic E-state index is 10.5. The smallest absolute Gasteiger partial charge is 0.124 e. The van der Waals surface area contributed by atoms with E-state index in [-0.39, 0.29) is 23.0 Å². The molecule has 0 saturated carbocycles. The molecule has 2 aromatic carbocycles. The van der Waals surface area contributed by atoms with Gasteiger partial charge in [-0.15, -0.1) is 0 Å². The van der Waals surface area contributed by atoms with Crippen LogP contribution in [0.2, 0.25) is 0 Å². The molecule has 0 amide bonds. The average molecular weight is 387 g/mol. The highest BCUT2D eigenvalue weighted by molar-refractivity contribution is 5.78. The third-order valence-electron chi connectivity index (χ3n) is 5.28. The molecule has 4 N–H and O–H groups in total. The topological polar surface area (TPSA) is 80.9 Å². The number of phenolic OH excluding ortho intramolecular Hbond substituents is 4. The number of phenols is 4. The van der Waals surface area contributed by atoms with Crippen LogP contribution in [0, 0.1) is 0 Å². The molecule has 2 aromatic rings. The first-order valence-corrected chi connectivity index (χ1v) is 10.6. The molecule has 4 heteroatoms. The summed E-state index contributed by atoms with van der Waals surface area (Å²) in [6, 6.07) is 6.07. The van der Waals surface area contributed by atoms with Crippen LogP contribution in [-0.2, 0) is 12.8 Å². The number of unbranched alkanes of at least 4 members (excludes halogenated alkanes) is 6. The van der Waals surface area contributed by atoms with Crippen LogP contribution < -0.4 is 0 Å². The zero-order valence-corrected chi connectivity index (χ0v) is 17.2. The van der Waals surface area contributed by atoms with Gasteiger partial charge in [0.1, 0.15) is 23.0 Å². The fourth-order valence-corrected chi connectivity index (χ4v) is 3.56. The average Bonchev–Trinajstić information content (AvgIpc) is 2.67. The quantitative estimate of drug-likeness (QED) is 0.265. The number of hydrogen-bond acceptors (Lipinski definition) is 4. The van der Waals surface area contributed by atoms with Gasteiger partial charge in [-0.2, -0.15) is 0 Å². The number of benzene rings is 2. The zero-order chi connectivity index (χ0) is 20.5. The summed E-state index contributed by atoms with van der Waals surface area (Å²) >= 11 is 0. The SMILES string of the molecule is CCCCCCc1cc(O)c(-c2cc(O)c(CCCCCC)cc2O)cc1O. The lowest BCUT2D eigenvalue weighted by atomic mass is 9.95. The van der Waals surface area contributed by atoms with Crippen LogP contribution in [0.1, 0.15) is 76.3 Å². The molecule has 0 atom stereocenters. The minimum absolute atomic E-state index is 0.00585. The van der Waals surface area contributed by atoms with Crippen molar-refractivity contribution in [3.05, 3.63) is 35.4 Å². The Hall–Kier alpha value is -2.36. The van der Waals surface area contributed by atoms with E-state index in [4.69, 9.17) is 0 Å². The summed E-state index contributed by atoms with van der Waals surface area (Å²) in [7, 11) is 0. The van der Waals surface area contributed by atoms with Crippen molar-refractivity contribution in [3.8, 4) is 34.1 Å². The molecule has 4 nitrogen and oxygen atoms in total. The molecular formula is C24H34O4. The van der Waals surface area contributed by atoms with Crippen molar-refractivity contribution in [1.29, 1.82) is 0 Å². The van der Waals surface area contributed by atoms with E-state index in [9.17, 15) is 20.4 Å². The lowest BCUT2D eigenvalue weighted by Crippen LogP contribution is -1.92. The van der Waals surface area contributed by atoms with Gasteiger partial charge in [-0.25, -0.2) is 0 Å². The maximum absolute atomic E-state index is 10.5. The van der Waals surface area contributed by atoms with Crippen LogP contribution in [0.25, 0.3) is 11.1 Å². The van der Waals surface area contributed by atoms with E-state index in [1.54, 1.807) is 12.1 Å². The normalized spacial score (nSPS) is 11.1. The third kappa shape index (κ3) is 5.82. The molecule has 0 heterocycles. The van der Waals surface area contributed by atoms with Gasteiger partial charge in [0.05, 0.1) is 0 Å². The van der Waals surface area contributed by atoms with Crippen LogP contribution in [0.5, 0.6) is 23.0 Å². The highest BCUT2D eigenvalue weighted by Gasteiger charge is 2.16. The van der Waals surface area contributed by atoms with Crippen molar-refractivity contribution in [2.24, 2.45) is 0 Å². The van der Waals surface area contributed by atoms with Gasteiger partial charge in [-0.1, -0.05) is 52.4 Å². The first kappa shape index (κ1) is 21.9. The van der Waals surface area contributed by atoms with Gasteiger partial charge in [-0.05, 0) is 61.1 Å². The standard InChI is InChI=1S/C24H34O4/c1-3-5-7-9-11-17-13-23(27)19(15-21(17)25)20-16-22(26)18(14-24(20)28)12-10-8-6-4-2/h13-16,25-28H,3-12H2,1-2H3. The molecule has 0 aliphatic rings. The second-order valence-corrected chi connectivity index (χ2v) is 7.62. The van der Waals surface area contributed by atoms with Crippen molar-refractivity contribution >= 4 is 0 Å². The highest BCUT2D eigenvalue weighted by atomic mass is 16.3. The van der Waals surface area contributed by atoms with Crippen molar-refractivity contribution in [2.75, 3.05) is 0 Å². The second-order valence-electron chi connectivity index (χ2n) is 7.62. The first-order valence-electron chi connectivity index (χ1n) is 10.6. The molecule has 0 unspecified atom stereocenters. The molecule has 0 saturated heterocycles. The Morgan fingerprint density at radius 3 is 1.25 bits per heavy atom. The van der Waals surface area contributed by atoms with E-state index in [1.165, 1.54) is 12.1 Å². The maximum Gasteiger partial charge on any atom is 0.124 e. The van der Waals surface area contributed by atoms with Gasteiger partial charge in [0, 0.05) is 11.1 Å². The summed E-state index contributed by atoms with van der Waals surface area (Å²) < 4.78 is 0. The number of rotatable bonds is 11. The molecule has 154 valence electrons. The summed E-state index contributed by atoms with van der Waals surface area (Å²) in [5, 5.41) is 41.6. The fraction of sp³-hybridized carbons (Fsp3) is 0.500. The van der Waals surface area contributed by atoms with Gasteiger partial charge in [0.15, 0.2) is 0 Å². The second kappa shape index (κ2) is 10.8. The van der Waals surface area contributed by atoms with Gasteiger partial charge in [0.2, 0.25) is 0 Å². The zero-order valence-electron chi connectivity index (χ0n) is 17.2. The van der Waals surface area contributed by atoms with Crippen LogP contribution in [0.4, 0.5) is 0 Å². The minimum atomic E-state index is -0.00585. The Morgan fingerprint density at radius 2 is 0.893 bits per heavy atom. The van der Waals surface area contributed by atoms with E-state index in [0.717, 1.165) is 51.4 Å². The van der Waals surface area contributed by atoms with Crippen molar-refractivity contribution in [3.63, 3.8) is 0 Å². The van der Waals surface area contributed by atoms with Gasteiger partial charge >= 0.3 is 0 Å². The molecule has 28 heavy (non-hydrogen) atoms. The summed E-state index contributed by atoms with van der Waals surface area (Å²) in [4.78, 5) is 0. The predicted octanol–water partition coefficient (Wildman–Crippen LogP) is 6.42. The van der Waals surface area contributed by atoms with Gasteiger partial charge in [0.25, 0.3) is 0 Å². The summed E-state index contributed by atoms with van der Waals surface area (Å²) in [5.41, 5.74) is 2.04. The van der Waals surface area contributed by atoms with Crippen LogP contribution in [0.3, 0.4) is 0 Å². The Bertz CT molecular complexity index is 702. The fourth-order valence-electron chi connectivity index (χ4n) is 3.56. The van der Waals surface area contributed by atoms with Crippen molar-refractivity contribution in [1.82, 2.24) is 0 Å². The predicted molar refractivity (Wildman–Crippen MR) is 114 cm³/mol. The van der Waals surface area contributed by atoms with E-state index < -0.39 is 0 Å². The Morgan fingerprint density at radius 1 is 0.500 bits per heavy atom. The van der Waals surface area contributed by atoms with E-state index in [1.807, 2.05) is 0 Å². The third-order valence-corrected chi connectivity index (χ3v) is 5.28. The van der Waals surface area contributed by atoms with E-state index >= 15 is 0 Å². The Balaban J connectivity index is 2.20. The first-order chi connectivity index (χ1) is 13.5. The van der Waals surface area contributed by atoms with E-state index in [2.05, 4.69) is 13.8 Å². The largest absolute Gasteiger partial charge is 0.508 e. The van der Waals surface area contributed by atoms with Gasteiger partial charge < -0.3 is 20.4 Å². The highest BCUT2D eigenvalue weighted by Crippen LogP contribution is 2.42. The molecule has 0 spiro atoms. The number of hydrogen-bond donors (Lipinski definition) is 4. The summed E-state index contributed by atoms with van der Waals surface area (Å²) in [5.74, 6) is 0.195. The van der Waals surface area contributed by atoms with Gasteiger partial charge in [-0.3, -0.25) is 0 Å².